The second-order valence-electron chi connectivity index (χ2n) is 8.86. The third-order valence-electron chi connectivity index (χ3n) is 6.22. The zero-order valence-corrected chi connectivity index (χ0v) is 19.1. The van der Waals surface area contributed by atoms with Gasteiger partial charge in [0.05, 0.1) is 12.6 Å². The molecule has 2 heterocycles. The molecule has 168 valence electrons. The topological polar surface area (TPSA) is 92.2 Å². The van der Waals surface area contributed by atoms with Crippen molar-refractivity contribution in [3.63, 3.8) is 0 Å². The Morgan fingerprint density at radius 3 is 2.78 bits per heavy atom. The van der Waals surface area contributed by atoms with E-state index in [4.69, 9.17) is 4.74 Å². The largest absolute Gasteiger partial charge is 0.497 e. The van der Waals surface area contributed by atoms with Gasteiger partial charge >= 0.3 is 11.2 Å². The lowest BCUT2D eigenvalue weighted by atomic mass is 9.80. The molecule has 0 unspecified atom stereocenters. The summed E-state index contributed by atoms with van der Waals surface area (Å²) in [4.78, 5) is 31.6. The average molecular weight is 435 g/mol. The van der Waals surface area contributed by atoms with Crippen LogP contribution < -0.4 is 16.0 Å². The van der Waals surface area contributed by atoms with Crippen molar-refractivity contribution < 1.29 is 4.74 Å². The number of aromatic nitrogens is 3. The predicted octanol–water partition coefficient (Wildman–Crippen LogP) is 4.73. The molecule has 0 saturated heterocycles. The molecule has 32 heavy (non-hydrogen) atoms. The van der Waals surface area contributed by atoms with Crippen molar-refractivity contribution in [3.8, 4) is 5.75 Å². The highest BCUT2D eigenvalue weighted by atomic mass is 16.5. The average Bonchev–Trinajstić information content (AvgIpc) is 3.12. The molecule has 0 spiro atoms. The van der Waals surface area contributed by atoms with Gasteiger partial charge in [0.2, 0.25) is 0 Å². The fourth-order valence-corrected chi connectivity index (χ4v) is 4.34. The molecule has 3 aromatic rings. The molecule has 0 amide bonds. The number of H-pyrrole nitrogens is 2. The second-order valence-corrected chi connectivity index (χ2v) is 8.86. The van der Waals surface area contributed by atoms with Gasteiger partial charge in [-0.05, 0) is 63.6 Å². The van der Waals surface area contributed by atoms with E-state index in [9.17, 15) is 9.59 Å². The molecule has 0 fully saturated rings. The summed E-state index contributed by atoms with van der Waals surface area (Å²) < 4.78 is 6.17. The monoisotopic (exact) mass is 434 g/mol. The molecule has 4 rings (SSSR count). The molecule has 1 aromatic carbocycles. The highest BCUT2D eigenvalue weighted by Gasteiger charge is 2.21. The van der Waals surface area contributed by atoms with E-state index < -0.39 is 11.2 Å². The molecule has 0 bridgehead atoms. The fourth-order valence-electron chi connectivity index (χ4n) is 4.34. The lowest BCUT2D eigenvalue weighted by molar-refractivity contribution is 0.415. The van der Waals surface area contributed by atoms with Crippen LogP contribution in [-0.4, -0.2) is 28.0 Å². The minimum Gasteiger partial charge on any atom is -0.497 e. The summed E-state index contributed by atoms with van der Waals surface area (Å²) in [6, 6.07) is 5.42. The van der Waals surface area contributed by atoms with Crippen molar-refractivity contribution >= 4 is 28.2 Å². The van der Waals surface area contributed by atoms with E-state index in [2.05, 4.69) is 48.0 Å². The Bertz CT molecular complexity index is 1350. The highest BCUT2D eigenvalue weighted by Crippen LogP contribution is 2.31. The van der Waals surface area contributed by atoms with Crippen LogP contribution in [0.4, 0.5) is 0 Å². The lowest BCUT2D eigenvalue weighted by Gasteiger charge is -2.25. The van der Waals surface area contributed by atoms with Gasteiger partial charge < -0.3 is 14.7 Å². The first-order valence-electron chi connectivity index (χ1n) is 11.1. The van der Waals surface area contributed by atoms with Crippen LogP contribution in [0.5, 0.6) is 5.75 Å². The first kappa shape index (κ1) is 21.9. The maximum Gasteiger partial charge on any atom is 0.350 e. The van der Waals surface area contributed by atoms with Gasteiger partial charge in [0.1, 0.15) is 11.3 Å². The van der Waals surface area contributed by atoms with Gasteiger partial charge in [0.25, 0.3) is 0 Å². The zero-order chi connectivity index (χ0) is 22.8. The van der Waals surface area contributed by atoms with Crippen molar-refractivity contribution in [1.29, 1.82) is 0 Å². The second kappa shape index (κ2) is 9.02. The Morgan fingerprint density at radius 1 is 1.25 bits per heavy atom. The summed E-state index contributed by atoms with van der Waals surface area (Å²) >= 11 is 0. The smallest absolute Gasteiger partial charge is 0.350 e. The number of nitrogens with zero attached hydrogens (tertiary/aromatic N) is 2. The quantitative estimate of drug-likeness (QED) is 0.434. The van der Waals surface area contributed by atoms with E-state index in [1.807, 2.05) is 6.07 Å². The molecule has 7 nitrogen and oxygen atoms in total. The number of nitrogens with one attached hydrogen (secondary N) is 2. The van der Waals surface area contributed by atoms with Crippen LogP contribution in [0.25, 0.3) is 21.9 Å². The van der Waals surface area contributed by atoms with Crippen molar-refractivity contribution in [2.75, 3.05) is 7.11 Å². The summed E-state index contributed by atoms with van der Waals surface area (Å²) in [5, 5.41) is 5.03. The number of rotatable bonds is 6. The van der Waals surface area contributed by atoms with Crippen molar-refractivity contribution in [1.82, 2.24) is 14.6 Å². The molecule has 7 heteroatoms. The van der Waals surface area contributed by atoms with Crippen molar-refractivity contribution in [2.24, 2.45) is 16.9 Å². The van der Waals surface area contributed by atoms with Crippen LogP contribution in [-0.2, 0) is 0 Å². The number of fused-ring (bicyclic) bond motifs is 3. The van der Waals surface area contributed by atoms with E-state index in [0.29, 0.717) is 22.7 Å². The molecule has 2 N–H and O–H groups in total. The summed E-state index contributed by atoms with van der Waals surface area (Å²) in [5.74, 6) is 1.25. The molecule has 2 aromatic heterocycles. The van der Waals surface area contributed by atoms with Gasteiger partial charge in [-0.15, -0.1) is 4.68 Å². The summed E-state index contributed by atoms with van der Waals surface area (Å²) in [5.41, 5.74) is 3.35. The Labute approximate surface area is 186 Å². The molecule has 0 radical (unpaired) electrons. The molecule has 2 atom stereocenters. The Kier molecular flexibility index (Phi) is 6.17. The third-order valence-corrected chi connectivity index (χ3v) is 6.22. The Morgan fingerprint density at radius 2 is 2.06 bits per heavy atom. The Hall–Kier alpha value is -3.35. The number of allylic oxidation sites excluding steroid dienone is 4. The van der Waals surface area contributed by atoms with E-state index in [1.165, 1.54) is 11.1 Å². The van der Waals surface area contributed by atoms with Crippen LogP contribution in [0, 0.1) is 11.8 Å². The molecule has 0 saturated carbocycles. The van der Waals surface area contributed by atoms with Gasteiger partial charge in [0.15, 0.2) is 0 Å². The first-order valence-corrected chi connectivity index (χ1v) is 11.1. The zero-order valence-electron chi connectivity index (χ0n) is 19.1. The van der Waals surface area contributed by atoms with E-state index in [1.54, 1.807) is 25.5 Å². The van der Waals surface area contributed by atoms with Gasteiger partial charge in [-0.1, -0.05) is 30.2 Å². The number of methoxy groups -OCH3 is 1. The molecular weight excluding hydrogens is 404 g/mol. The van der Waals surface area contributed by atoms with E-state index in [-0.39, 0.29) is 5.92 Å². The first-order chi connectivity index (χ1) is 15.4. The minimum atomic E-state index is -0.552. The van der Waals surface area contributed by atoms with Crippen LogP contribution in [0.2, 0.25) is 0 Å². The molecule has 1 aliphatic rings. The highest BCUT2D eigenvalue weighted by molar-refractivity contribution is 6.04. The number of ether oxygens (including phenoxy) is 1. The number of hydrogen-bond donors (Lipinski definition) is 2. The van der Waals surface area contributed by atoms with Crippen molar-refractivity contribution in [2.45, 2.75) is 46.5 Å². The van der Waals surface area contributed by atoms with Crippen LogP contribution in [0.1, 0.15) is 46.5 Å². The fraction of sp³-hybridized carbons (Fsp3) is 0.400. The SMILES string of the molecule is COc1ccc2[nH]c3c(=O)n(/N=C\[C@@H]4CC=C(CCC=C(C)C)C[C@@H]4C)c(=O)[nH]c3c2c1. The Balaban J connectivity index is 1.60. The van der Waals surface area contributed by atoms with Crippen LogP contribution >= 0.6 is 0 Å². The predicted molar refractivity (Wildman–Crippen MR) is 130 cm³/mol. The van der Waals surface area contributed by atoms with Gasteiger partial charge in [0, 0.05) is 23.0 Å². The molecule has 1 aliphatic carbocycles. The maximum absolute atomic E-state index is 13.0. The normalized spacial score (nSPS) is 18.9. The standard InChI is InChI=1S/C25H30N4O3/c1-15(2)6-5-7-17-8-9-18(16(3)12-17)14-26-29-24(30)23-22(28-25(29)31)20-13-19(32-4)10-11-21(20)27-23/h6,8,10-11,13-14,16,18,27H,5,7,9,12H2,1-4H3,(H,28,31)/b26-14-/t16-,18-/m0/s1. The number of hydrogen-bond acceptors (Lipinski definition) is 4. The lowest BCUT2D eigenvalue weighted by Crippen LogP contribution is -2.32. The summed E-state index contributed by atoms with van der Waals surface area (Å²) in [6.07, 6.45) is 10.4. The summed E-state index contributed by atoms with van der Waals surface area (Å²) in [6.45, 7) is 6.45. The van der Waals surface area contributed by atoms with Crippen LogP contribution in [0.3, 0.4) is 0 Å². The van der Waals surface area contributed by atoms with E-state index in [0.717, 1.165) is 41.3 Å². The molecule has 0 aliphatic heterocycles. The summed E-state index contributed by atoms with van der Waals surface area (Å²) in [7, 11) is 1.58. The number of benzene rings is 1. The van der Waals surface area contributed by atoms with Crippen LogP contribution in [0.15, 0.2) is 56.2 Å². The third kappa shape index (κ3) is 4.33. The van der Waals surface area contributed by atoms with Gasteiger partial charge in [-0.3, -0.25) is 4.79 Å². The number of aromatic amines is 2. The van der Waals surface area contributed by atoms with Gasteiger partial charge in [-0.25, -0.2) is 4.79 Å². The minimum absolute atomic E-state index is 0.191. The maximum atomic E-state index is 13.0. The van der Waals surface area contributed by atoms with Gasteiger partial charge in [-0.2, -0.15) is 5.10 Å². The van der Waals surface area contributed by atoms with Crippen molar-refractivity contribution in [3.05, 3.63) is 62.3 Å². The molecular formula is C25H30N4O3. The van der Waals surface area contributed by atoms with E-state index >= 15 is 0 Å².